The van der Waals surface area contributed by atoms with Gasteiger partial charge in [-0.15, -0.1) is 0 Å². The number of hydrogen-bond acceptors (Lipinski definition) is 4. The number of nitrogens with one attached hydrogen (secondary N) is 1. The van der Waals surface area contributed by atoms with E-state index in [1.165, 1.54) is 30.1 Å². The van der Waals surface area contributed by atoms with Crippen LogP contribution in [0, 0.1) is 0 Å². The molecular weight excluding hydrogens is 461 g/mol. The summed E-state index contributed by atoms with van der Waals surface area (Å²) in [6, 6.07) is 13.0. The van der Waals surface area contributed by atoms with E-state index in [9.17, 15) is 18.0 Å². The lowest BCUT2D eigenvalue weighted by molar-refractivity contribution is -0.138. The van der Waals surface area contributed by atoms with Gasteiger partial charge in [-0.1, -0.05) is 53.5 Å². The molecule has 0 heterocycles. The summed E-state index contributed by atoms with van der Waals surface area (Å²) in [6.45, 7) is 1.35. The third kappa shape index (κ3) is 7.12. The highest BCUT2D eigenvalue weighted by Crippen LogP contribution is 2.27. The molecule has 0 aliphatic rings. The molecule has 2 rings (SSSR count). The molecule has 10 heteroatoms. The number of sulfonamides is 1. The van der Waals surface area contributed by atoms with Gasteiger partial charge in [0.2, 0.25) is 21.8 Å². The van der Waals surface area contributed by atoms with Crippen LogP contribution < -0.4 is 9.62 Å². The number of hydrogen-bond donors (Lipinski definition) is 1. The molecular formula is C21H25Cl2N3O4S. The molecule has 0 saturated carbocycles. The Hall–Kier alpha value is -2.29. The summed E-state index contributed by atoms with van der Waals surface area (Å²) in [6.07, 6.45) is 1.50. The molecule has 1 atom stereocenters. The molecule has 0 saturated heterocycles. The monoisotopic (exact) mass is 485 g/mol. The number of rotatable bonds is 9. The van der Waals surface area contributed by atoms with E-state index in [0.717, 1.165) is 16.1 Å². The van der Waals surface area contributed by atoms with Gasteiger partial charge in [0.15, 0.2) is 0 Å². The SMILES string of the molecule is CNC(=O)[C@@H](C)N(CCc1ccccc1)C(=O)CN(c1cc(Cl)cc(Cl)c1)S(C)(=O)=O. The number of halogens is 2. The minimum atomic E-state index is -3.83. The number of amides is 2. The van der Waals surface area contributed by atoms with Crippen molar-refractivity contribution in [1.29, 1.82) is 0 Å². The van der Waals surface area contributed by atoms with E-state index in [2.05, 4.69) is 5.32 Å². The highest BCUT2D eigenvalue weighted by Gasteiger charge is 2.29. The van der Waals surface area contributed by atoms with Crippen molar-refractivity contribution in [2.45, 2.75) is 19.4 Å². The second kappa shape index (κ2) is 10.8. The summed E-state index contributed by atoms with van der Waals surface area (Å²) < 4.78 is 25.8. The number of carbonyl (C=O) groups is 2. The maximum atomic E-state index is 13.2. The highest BCUT2D eigenvalue weighted by molar-refractivity contribution is 7.92. The van der Waals surface area contributed by atoms with Crippen molar-refractivity contribution >= 4 is 50.7 Å². The fourth-order valence-electron chi connectivity index (χ4n) is 3.08. The summed E-state index contributed by atoms with van der Waals surface area (Å²) in [5.41, 5.74) is 1.16. The van der Waals surface area contributed by atoms with Crippen molar-refractivity contribution in [1.82, 2.24) is 10.2 Å². The van der Waals surface area contributed by atoms with Gasteiger partial charge in [-0.25, -0.2) is 8.42 Å². The topological polar surface area (TPSA) is 86.8 Å². The summed E-state index contributed by atoms with van der Waals surface area (Å²) in [7, 11) is -2.35. The minimum Gasteiger partial charge on any atom is -0.357 e. The van der Waals surface area contributed by atoms with E-state index >= 15 is 0 Å². The van der Waals surface area contributed by atoms with Crippen LogP contribution in [0.3, 0.4) is 0 Å². The first-order chi connectivity index (χ1) is 14.5. The van der Waals surface area contributed by atoms with Crippen molar-refractivity contribution in [3.05, 3.63) is 64.1 Å². The average molecular weight is 486 g/mol. The molecule has 2 amide bonds. The summed E-state index contributed by atoms with van der Waals surface area (Å²) in [4.78, 5) is 26.8. The Morgan fingerprint density at radius 3 is 2.16 bits per heavy atom. The maximum absolute atomic E-state index is 13.2. The standard InChI is InChI=1S/C21H25Cl2N3O4S/c1-15(21(28)24-2)25(10-9-16-7-5-4-6-8-16)20(27)14-26(31(3,29)30)19-12-17(22)11-18(23)13-19/h4-8,11-13,15H,9-10,14H2,1-3H3,(H,24,28)/t15-/m1/s1. The molecule has 1 N–H and O–H groups in total. The first-order valence-electron chi connectivity index (χ1n) is 9.51. The van der Waals surface area contributed by atoms with Gasteiger partial charge in [0.1, 0.15) is 12.6 Å². The van der Waals surface area contributed by atoms with E-state index in [1.807, 2.05) is 30.3 Å². The Kier molecular flexibility index (Phi) is 8.73. The predicted octanol–water partition coefficient (Wildman–Crippen LogP) is 2.97. The summed E-state index contributed by atoms with van der Waals surface area (Å²) in [5.74, 6) is -0.869. The molecule has 0 aromatic heterocycles. The first kappa shape index (κ1) is 25.0. The van der Waals surface area contributed by atoms with Gasteiger partial charge in [0.05, 0.1) is 11.9 Å². The van der Waals surface area contributed by atoms with Crippen molar-refractivity contribution in [3.8, 4) is 0 Å². The third-order valence-electron chi connectivity index (χ3n) is 4.71. The number of benzene rings is 2. The van der Waals surface area contributed by atoms with Crippen LogP contribution in [-0.4, -0.2) is 57.6 Å². The van der Waals surface area contributed by atoms with Gasteiger partial charge in [0, 0.05) is 23.6 Å². The van der Waals surface area contributed by atoms with E-state index < -0.39 is 28.5 Å². The smallest absolute Gasteiger partial charge is 0.244 e. The van der Waals surface area contributed by atoms with Gasteiger partial charge in [-0.3, -0.25) is 13.9 Å². The molecule has 0 spiro atoms. The molecule has 2 aromatic rings. The molecule has 168 valence electrons. The molecule has 2 aromatic carbocycles. The number of anilines is 1. The molecule has 0 radical (unpaired) electrons. The Labute approximate surface area is 193 Å². The molecule has 31 heavy (non-hydrogen) atoms. The Morgan fingerprint density at radius 2 is 1.65 bits per heavy atom. The first-order valence-corrected chi connectivity index (χ1v) is 12.1. The lowest BCUT2D eigenvalue weighted by Crippen LogP contribution is -2.51. The van der Waals surface area contributed by atoms with Crippen molar-refractivity contribution < 1.29 is 18.0 Å². The molecule has 0 aliphatic carbocycles. The third-order valence-corrected chi connectivity index (χ3v) is 6.29. The fraction of sp³-hybridized carbons (Fsp3) is 0.333. The second-order valence-electron chi connectivity index (χ2n) is 7.01. The van der Waals surface area contributed by atoms with E-state index in [4.69, 9.17) is 23.2 Å². The van der Waals surface area contributed by atoms with Crippen LogP contribution >= 0.6 is 23.2 Å². The molecule has 0 aliphatic heterocycles. The Bertz CT molecular complexity index is 1010. The van der Waals surface area contributed by atoms with E-state index in [-0.39, 0.29) is 28.2 Å². The normalized spacial score (nSPS) is 12.2. The van der Waals surface area contributed by atoms with Crippen molar-refractivity contribution in [3.63, 3.8) is 0 Å². The highest BCUT2D eigenvalue weighted by atomic mass is 35.5. The number of nitrogens with zero attached hydrogens (tertiary/aromatic N) is 2. The molecule has 7 nitrogen and oxygen atoms in total. The van der Waals surface area contributed by atoms with Crippen LogP contribution in [0.5, 0.6) is 0 Å². The van der Waals surface area contributed by atoms with Gasteiger partial charge < -0.3 is 10.2 Å². The summed E-state index contributed by atoms with van der Waals surface area (Å²) in [5, 5.41) is 3.01. The minimum absolute atomic E-state index is 0.170. The largest absolute Gasteiger partial charge is 0.357 e. The van der Waals surface area contributed by atoms with E-state index in [1.54, 1.807) is 6.92 Å². The van der Waals surface area contributed by atoms with Crippen LogP contribution in [0.2, 0.25) is 10.0 Å². The van der Waals surface area contributed by atoms with Crippen molar-refractivity contribution in [2.24, 2.45) is 0 Å². The Balaban J connectivity index is 2.32. The lowest BCUT2D eigenvalue weighted by atomic mass is 10.1. The second-order valence-corrected chi connectivity index (χ2v) is 9.79. The van der Waals surface area contributed by atoms with Crippen LogP contribution in [0.25, 0.3) is 0 Å². The van der Waals surface area contributed by atoms with Crippen LogP contribution in [-0.2, 0) is 26.0 Å². The summed E-state index contributed by atoms with van der Waals surface area (Å²) >= 11 is 12.0. The van der Waals surface area contributed by atoms with Gasteiger partial charge in [-0.05, 0) is 37.1 Å². The maximum Gasteiger partial charge on any atom is 0.244 e. The van der Waals surface area contributed by atoms with Crippen LogP contribution in [0.15, 0.2) is 48.5 Å². The van der Waals surface area contributed by atoms with Gasteiger partial charge in [0.25, 0.3) is 0 Å². The predicted molar refractivity (Wildman–Crippen MR) is 124 cm³/mol. The average Bonchev–Trinajstić information content (AvgIpc) is 2.70. The fourth-order valence-corrected chi connectivity index (χ4v) is 4.42. The van der Waals surface area contributed by atoms with Crippen LogP contribution in [0.1, 0.15) is 12.5 Å². The Morgan fingerprint density at radius 1 is 1.06 bits per heavy atom. The van der Waals surface area contributed by atoms with Crippen molar-refractivity contribution in [2.75, 3.05) is 30.7 Å². The zero-order valence-electron chi connectivity index (χ0n) is 17.5. The number of likely N-dealkylation sites (N-methyl/N-ethyl adjacent to an activating group) is 1. The molecule has 0 unspecified atom stereocenters. The zero-order chi connectivity index (χ0) is 23.2. The van der Waals surface area contributed by atoms with Gasteiger partial charge >= 0.3 is 0 Å². The molecule has 0 fully saturated rings. The molecule has 0 bridgehead atoms. The zero-order valence-corrected chi connectivity index (χ0v) is 19.8. The number of carbonyl (C=O) groups excluding carboxylic acids is 2. The lowest BCUT2D eigenvalue weighted by Gasteiger charge is -2.31. The van der Waals surface area contributed by atoms with Gasteiger partial charge in [-0.2, -0.15) is 0 Å². The van der Waals surface area contributed by atoms with Crippen LogP contribution in [0.4, 0.5) is 5.69 Å². The quantitative estimate of drug-likeness (QED) is 0.591. The van der Waals surface area contributed by atoms with E-state index in [0.29, 0.717) is 6.42 Å².